The molecule has 4 heterocycles. The number of para-hydroxylation sites is 2. The molecule has 0 saturated carbocycles. The third-order valence-electron chi connectivity index (χ3n) is 12.5. The minimum absolute atomic E-state index is 0.575. The summed E-state index contributed by atoms with van der Waals surface area (Å²) in [5.41, 5.74) is 10.8. The van der Waals surface area contributed by atoms with Crippen LogP contribution in [0.3, 0.4) is 0 Å². The zero-order valence-corrected chi connectivity index (χ0v) is 37.2. The minimum atomic E-state index is 0.575. The van der Waals surface area contributed by atoms with Crippen molar-refractivity contribution in [2.45, 2.75) is 0 Å². The lowest BCUT2D eigenvalue weighted by atomic mass is 9.95. The highest BCUT2D eigenvalue weighted by atomic mass is 32.1. The van der Waals surface area contributed by atoms with Crippen LogP contribution in [0.4, 0.5) is 0 Å². The fourth-order valence-electron chi connectivity index (χ4n) is 9.36. The van der Waals surface area contributed by atoms with Crippen molar-refractivity contribution in [3.8, 4) is 85.1 Å². The molecule has 0 fully saturated rings. The normalized spacial score (nSPS) is 11.5. The zero-order chi connectivity index (χ0) is 45.0. The Kier molecular flexibility index (Phi) is 9.54. The van der Waals surface area contributed by atoms with Crippen molar-refractivity contribution in [1.82, 2.24) is 34.5 Å². The smallest absolute Gasteiger partial charge is 0.166 e. The third kappa shape index (κ3) is 6.82. The van der Waals surface area contributed by atoms with Crippen LogP contribution in [0.15, 0.2) is 224 Å². The Hall–Kier alpha value is -8.98. The summed E-state index contributed by atoms with van der Waals surface area (Å²) in [6.07, 6.45) is 0. The first kappa shape index (κ1) is 39.4. The van der Waals surface area contributed by atoms with E-state index in [2.05, 4.69) is 132 Å². The first-order valence-electron chi connectivity index (χ1n) is 22.5. The van der Waals surface area contributed by atoms with Gasteiger partial charge in [-0.3, -0.25) is 0 Å². The maximum atomic E-state index is 5.33. The fourth-order valence-corrected chi connectivity index (χ4v) is 10.6. The summed E-state index contributed by atoms with van der Waals surface area (Å²) in [5, 5.41) is 4.65. The SMILES string of the molecule is c1ccc(-c2nc(-c3ccccc3)nc(-c3cc(-c4ccc(-c5nc(-c6ccccc6)nc(-c6ccccc6)n5)c5sc6ccccc6c45)ccc3-n3c4ccccc4c4ccccc43)n2)cc1. The second kappa shape index (κ2) is 16.5. The molecule has 0 spiro atoms. The van der Waals surface area contributed by atoms with Crippen LogP contribution in [0.25, 0.3) is 127 Å². The van der Waals surface area contributed by atoms with Gasteiger partial charge in [0.1, 0.15) is 0 Å². The van der Waals surface area contributed by atoms with Crippen LogP contribution < -0.4 is 0 Å². The molecule has 8 heteroatoms. The summed E-state index contributed by atoms with van der Waals surface area (Å²) >= 11 is 1.76. The van der Waals surface area contributed by atoms with Gasteiger partial charge in [0.15, 0.2) is 34.9 Å². The van der Waals surface area contributed by atoms with Gasteiger partial charge < -0.3 is 4.57 Å². The maximum absolute atomic E-state index is 5.33. The molecule has 0 aliphatic rings. The van der Waals surface area contributed by atoms with E-state index in [4.69, 9.17) is 29.9 Å². The topological polar surface area (TPSA) is 82.3 Å². The maximum Gasteiger partial charge on any atom is 0.166 e. The van der Waals surface area contributed by atoms with Gasteiger partial charge in [-0.1, -0.05) is 188 Å². The number of hydrogen-bond acceptors (Lipinski definition) is 7. The highest BCUT2D eigenvalue weighted by molar-refractivity contribution is 7.26. The van der Waals surface area contributed by atoms with Gasteiger partial charge in [-0.15, -0.1) is 11.3 Å². The summed E-state index contributed by atoms with van der Waals surface area (Å²) in [7, 11) is 0. The second-order valence-corrected chi connectivity index (χ2v) is 17.7. The van der Waals surface area contributed by atoms with E-state index in [9.17, 15) is 0 Å². The van der Waals surface area contributed by atoms with E-state index < -0.39 is 0 Å². The average molecular weight is 888 g/mol. The van der Waals surface area contributed by atoms with Gasteiger partial charge in [0.05, 0.1) is 16.7 Å². The second-order valence-electron chi connectivity index (χ2n) is 16.6. The van der Waals surface area contributed by atoms with Gasteiger partial charge in [-0.25, -0.2) is 29.9 Å². The molecular formula is C60H37N7S. The molecule has 13 aromatic rings. The number of nitrogens with zero attached hydrogens (tertiary/aromatic N) is 7. The molecule has 9 aromatic carbocycles. The predicted octanol–water partition coefficient (Wildman–Crippen LogP) is 15.2. The third-order valence-corrected chi connectivity index (χ3v) is 13.7. The number of rotatable bonds is 8. The Balaban J connectivity index is 1.08. The van der Waals surface area contributed by atoms with Crippen molar-refractivity contribution in [2.75, 3.05) is 0 Å². The fraction of sp³-hybridized carbons (Fsp3) is 0. The van der Waals surface area contributed by atoms with Gasteiger partial charge in [0, 0.05) is 64.3 Å². The van der Waals surface area contributed by atoms with Crippen LogP contribution in [-0.2, 0) is 0 Å². The van der Waals surface area contributed by atoms with Crippen LogP contribution in [0, 0.1) is 0 Å². The highest BCUT2D eigenvalue weighted by Crippen LogP contribution is 2.46. The molecule has 4 aromatic heterocycles. The van der Waals surface area contributed by atoms with Gasteiger partial charge in [-0.2, -0.15) is 0 Å². The molecule has 0 unspecified atom stereocenters. The average Bonchev–Trinajstić information content (AvgIpc) is 3.98. The van der Waals surface area contributed by atoms with Crippen molar-refractivity contribution < 1.29 is 0 Å². The number of thiophene rings is 1. The van der Waals surface area contributed by atoms with Crippen LogP contribution in [0.5, 0.6) is 0 Å². The summed E-state index contributed by atoms with van der Waals surface area (Å²) in [6.45, 7) is 0. The molecule has 318 valence electrons. The first-order valence-corrected chi connectivity index (χ1v) is 23.4. The Morgan fingerprint density at radius 3 is 1.19 bits per heavy atom. The van der Waals surface area contributed by atoms with Crippen LogP contribution in [0.2, 0.25) is 0 Å². The number of hydrogen-bond donors (Lipinski definition) is 0. The van der Waals surface area contributed by atoms with E-state index in [1.807, 2.05) is 97.1 Å². The van der Waals surface area contributed by atoms with Crippen LogP contribution in [0.1, 0.15) is 0 Å². The summed E-state index contributed by atoms with van der Waals surface area (Å²) in [5.74, 6) is 3.65. The molecule has 0 aliphatic carbocycles. The van der Waals surface area contributed by atoms with Crippen molar-refractivity contribution in [2.24, 2.45) is 0 Å². The molecule has 0 bridgehead atoms. The summed E-state index contributed by atoms with van der Waals surface area (Å²) < 4.78 is 4.63. The number of benzene rings is 9. The molecule has 0 atom stereocenters. The Morgan fingerprint density at radius 1 is 0.294 bits per heavy atom. The molecule has 0 saturated heterocycles. The van der Waals surface area contributed by atoms with E-state index in [0.29, 0.717) is 34.9 Å². The molecule has 0 radical (unpaired) electrons. The lowest BCUT2D eigenvalue weighted by molar-refractivity contribution is 1.06. The van der Waals surface area contributed by atoms with E-state index in [1.54, 1.807) is 11.3 Å². The van der Waals surface area contributed by atoms with Crippen LogP contribution >= 0.6 is 11.3 Å². The standard InChI is InChI=1S/C60H37N7S/c1-5-19-38(20-6-1)55-61-56(39-21-7-2-8-22-39)64-59(63-55)47-35-34-43(53-46-29-15-18-32-52(46)68-54(47)53)42-33-36-51(67-49-30-16-13-27-44(49)45-28-14-17-31-50(45)67)48(37-42)60-65-57(40-23-9-3-10-24-40)62-58(66-60)41-25-11-4-12-26-41/h1-37H. The number of aromatic nitrogens is 7. The first-order chi connectivity index (χ1) is 33.7. The Labute approximate surface area is 395 Å². The van der Waals surface area contributed by atoms with Gasteiger partial charge >= 0.3 is 0 Å². The molecular weight excluding hydrogens is 851 g/mol. The van der Waals surface area contributed by atoms with Crippen molar-refractivity contribution in [3.63, 3.8) is 0 Å². The lowest BCUT2D eigenvalue weighted by Gasteiger charge is -2.17. The highest BCUT2D eigenvalue weighted by Gasteiger charge is 2.23. The van der Waals surface area contributed by atoms with Gasteiger partial charge in [0.2, 0.25) is 0 Å². The molecule has 0 amide bonds. The lowest BCUT2D eigenvalue weighted by Crippen LogP contribution is -2.04. The Morgan fingerprint density at radius 2 is 0.691 bits per heavy atom. The van der Waals surface area contributed by atoms with Gasteiger partial charge in [0.25, 0.3) is 0 Å². The van der Waals surface area contributed by atoms with E-state index >= 15 is 0 Å². The van der Waals surface area contributed by atoms with Crippen LogP contribution in [-0.4, -0.2) is 34.5 Å². The molecule has 0 N–H and O–H groups in total. The molecule has 0 aliphatic heterocycles. The summed E-state index contributed by atoms with van der Waals surface area (Å²) in [4.78, 5) is 31.1. The van der Waals surface area contributed by atoms with E-state index in [1.165, 1.54) is 15.5 Å². The van der Waals surface area contributed by atoms with Crippen molar-refractivity contribution in [3.05, 3.63) is 224 Å². The predicted molar refractivity (Wildman–Crippen MR) is 278 cm³/mol. The van der Waals surface area contributed by atoms with E-state index in [0.717, 1.165) is 76.7 Å². The monoisotopic (exact) mass is 887 g/mol. The summed E-state index contributed by atoms with van der Waals surface area (Å²) in [6, 6.07) is 77.6. The number of fused-ring (bicyclic) bond motifs is 6. The van der Waals surface area contributed by atoms with E-state index in [-0.39, 0.29) is 0 Å². The minimum Gasteiger partial charge on any atom is -0.309 e. The zero-order valence-electron chi connectivity index (χ0n) is 36.4. The molecule has 13 rings (SSSR count). The Bertz CT molecular complexity index is 3850. The quantitative estimate of drug-likeness (QED) is 0.151. The largest absolute Gasteiger partial charge is 0.309 e. The van der Waals surface area contributed by atoms with Crippen molar-refractivity contribution >= 4 is 53.3 Å². The molecule has 7 nitrogen and oxygen atoms in total. The van der Waals surface area contributed by atoms with Crippen molar-refractivity contribution in [1.29, 1.82) is 0 Å². The van der Waals surface area contributed by atoms with Gasteiger partial charge in [-0.05, 0) is 47.5 Å². The molecule has 68 heavy (non-hydrogen) atoms.